The van der Waals surface area contributed by atoms with Crippen molar-refractivity contribution in [2.75, 3.05) is 25.0 Å². The van der Waals surface area contributed by atoms with Gasteiger partial charge in [-0.15, -0.1) is 0 Å². The van der Waals surface area contributed by atoms with Crippen LogP contribution in [0.5, 0.6) is 0 Å². The monoisotopic (exact) mass is 327 g/mol. The van der Waals surface area contributed by atoms with Gasteiger partial charge in [-0.3, -0.25) is 0 Å². The fraction of sp³-hybridized carbons (Fsp3) is 0.533. The molecule has 2 aromatic rings. The Bertz CT molecular complexity index is 697. The summed E-state index contributed by atoms with van der Waals surface area (Å²) in [6.07, 6.45) is -0.350. The molecule has 1 aromatic heterocycles. The molecule has 2 bridgehead atoms. The summed E-state index contributed by atoms with van der Waals surface area (Å²) in [5.74, 6) is 1.14. The molecule has 4 nitrogen and oxygen atoms in total. The third-order valence-corrected chi connectivity index (χ3v) is 5.15. The predicted molar refractivity (Wildman–Crippen MR) is 80.6 cm³/mol. The van der Waals surface area contributed by atoms with Crippen LogP contribution in [-0.4, -0.2) is 35.7 Å². The minimum absolute atomic E-state index is 0.00744. The van der Waals surface area contributed by atoms with Crippen molar-refractivity contribution in [3.63, 3.8) is 0 Å². The molecule has 5 rings (SSSR count). The third kappa shape index (κ3) is 2.25. The van der Waals surface area contributed by atoms with E-state index in [2.05, 4.69) is 15.4 Å². The van der Waals surface area contributed by atoms with Crippen LogP contribution in [0.4, 0.5) is 14.6 Å². The van der Waals surface area contributed by atoms with Gasteiger partial charge in [0, 0.05) is 12.6 Å². The Morgan fingerprint density at radius 2 is 2.09 bits per heavy atom. The molecule has 0 aliphatic carbocycles. The molecule has 3 saturated heterocycles. The molecule has 0 spiro atoms. The summed E-state index contributed by atoms with van der Waals surface area (Å²) in [6, 6.07) is 3.45. The Morgan fingerprint density at radius 1 is 1.32 bits per heavy atom. The highest BCUT2D eigenvalue weighted by Crippen LogP contribution is 2.38. The van der Waals surface area contributed by atoms with Crippen LogP contribution in [0, 0.1) is 5.92 Å². The Balaban J connectivity index is 1.67. The number of hydrogen-bond acceptors (Lipinski definition) is 4. The molecule has 3 aliphatic heterocycles. The molecule has 3 aliphatic rings. The summed E-state index contributed by atoms with van der Waals surface area (Å²) in [6.45, 7) is 3.26. The lowest BCUT2D eigenvalue weighted by Gasteiger charge is -2.44. The van der Waals surface area contributed by atoms with Gasteiger partial charge in [0.1, 0.15) is 0 Å². The van der Waals surface area contributed by atoms with Gasteiger partial charge in [-0.05, 0) is 44.0 Å². The zero-order valence-electron chi connectivity index (χ0n) is 11.9. The van der Waals surface area contributed by atoms with E-state index in [4.69, 9.17) is 16.1 Å². The molecular formula is C15H16ClF2N3O. The van der Waals surface area contributed by atoms with Crippen LogP contribution in [0.15, 0.2) is 16.7 Å². The standard InChI is InChI=1S/C15H16ClF2N3O/c16-10-2-1-9-13(12(10)14(17)18)22-20-15(9)19-11-7-21-5-3-8(11)4-6-21/h1-2,8,11,14H,3-7H2,(H,19,20). The van der Waals surface area contributed by atoms with Gasteiger partial charge in [0.25, 0.3) is 6.43 Å². The number of anilines is 1. The number of nitrogens with one attached hydrogen (secondary N) is 1. The second kappa shape index (κ2) is 5.35. The largest absolute Gasteiger partial charge is 0.362 e. The van der Waals surface area contributed by atoms with Crippen molar-refractivity contribution in [1.29, 1.82) is 0 Å². The Morgan fingerprint density at radius 3 is 2.73 bits per heavy atom. The molecule has 1 N–H and O–H groups in total. The first-order chi connectivity index (χ1) is 10.6. The highest BCUT2D eigenvalue weighted by Gasteiger charge is 2.35. The summed E-state index contributed by atoms with van der Waals surface area (Å²) in [4.78, 5) is 2.42. The maximum Gasteiger partial charge on any atom is 0.269 e. The molecule has 1 aromatic carbocycles. The number of nitrogens with zero attached hydrogens (tertiary/aromatic N) is 2. The van der Waals surface area contributed by atoms with E-state index < -0.39 is 6.43 Å². The van der Waals surface area contributed by atoms with E-state index >= 15 is 0 Å². The first kappa shape index (κ1) is 14.2. The van der Waals surface area contributed by atoms with Crippen molar-refractivity contribution < 1.29 is 13.3 Å². The molecule has 3 fully saturated rings. The smallest absolute Gasteiger partial charge is 0.269 e. The summed E-state index contributed by atoms with van der Waals surface area (Å²) in [5, 5.41) is 7.92. The summed E-state index contributed by atoms with van der Waals surface area (Å²) < 4.78 is 31.5. The lowest BCUT2D eigenvalue weighted by molar-refractivity contribution is 0.0973. The van der Waals surface area contributed by atoms with Crippen LogP contribution >= 0.6 is 11.6 Å². The molecule has 0 radical (unpaired) electrons. The topological polar surface area (TPSA) is 41.3 Å². The second-order valence-corrected chi connectivity index (χ2v) is 6.47. The van der Waals surface area contributed by atoms with Crippen LogP contribution in [0.3, 0.4) is 0 Å². The first-order valence-electron chi connectivity index (χ1n) is 7.48. The fourth-order valence-corrected chi connectivity index (χ4v) is 3.84. The second-order valence-electron chi connectivity index (χ2n) is 6.06. The molecule has 7 heteroatoms. The number of aromatic nitrogens is 1. The molecule has 22 heavy (non-hydrogen) atoms. The molecule has 4 heterocycles. The quantitative estimate of drug-likeness (QED) is 0.927. The molecule has 1 unspecified atom stereocenters. The average molecular weight is 328 g/mol. The highest BCUT2D eigenvalue weighted by molar-refractivity contribution is 6.32. The summed E-state index contributed by atoms with van der Waals surface area (Å²) in [7, 11) is 0. The van der Waals surface area contributed by atoms with Crippen LogP contribution in [0.25, 0.3) is 11.0 Å². The maximum atomic E-state index is 13.1. The van der Waals surface area contributed by atoms with Crippen molar-refractivity contribution in [2.45, 2.75) is 25.3 Å². The lowest BCUT2D eigenvalue weighted by Crippen LogP contribution is -2.53. The first-order valence-corrected chi connectivity index (χ1v) is 7.86. The Hall–Kier alpha value is -1.40. The number of fused-ring (bicyclic) bond motifs is 4. The van der Waals surface area contributed by atoms with Gasteiger partial charge >= 0.3 is 0 Å². The van der Waals surface area contributed by atoms with Crippen molar-refractivity contribution >= 4 is 28.4 Å². The van der Waals surface area contributed by atoms with Gasteiger partial charge in [0.15, 0.2) is 11.4 Å². The molecule has 0 saturated carbocycles. The number of halogens is 3. The number of hydrogen-bond donors (Lipinski definition) is 1. The van der Waals surface area contributed by atoms with E-state index in [0.717, 1.165) is 19.6 Å². The number of alkyl halides is 2. The van der Waals surface area contributed by atoms with Crippen molar-refractivity contribution in [3.05, 3.63) is 22.7 Å². The van der Waals surface area contributed by atoms with Gasteiger partial charge in [-0.2, -0.15) is 0 Å². The SMILES string of the molecule is FC(F)c1c(Cl)ccc2c(NC3CN4CCC3CC4)noc12. The normalized spacial score (nSPS) is 27.7. The Kier molecular flexibility index (Phi) is 3.46. The van der Waals surface area contributed by atoms with Crippen molar-refractivity contribution in [3.8, 4) is 0 Å². The minimum atomic E-state index is -2.69. The maximum absolute atomic E-state index is 13.1. The lowest BCUT2D eigenvalue weighted by atomic mass is 9.84. The van der Waals surface area contributed by atoms with Crippen LogP contribution in [-0.2, 0) is 0 Å². The third-order valence-electron chi connectivity index (χ3n) is 4.82. The van der Waals surface area contributed by atoms with Crippen LogP contribution in [0.2, 0.25) is 5.02 Å². The number of benzene rings is 1. The summed E-state index contributed by atoms with van der Waals surface area (Å²) >= 11 is 5.86. The van der Waals surface area contributed by atoms with Gasteiger partial charge in [-0.1, -0.05) is 16.8 Å². The van der Waals surface area contributed by atoms with Crippen molar-refractivity contribution in [1.82, 2.24) is 10.1 Å². The summed E-state index contributed by atoms with van der Waals surface area (Å²) in [5.41, 5.74) is -0.208. The zero-order chi connectivity index (χ0) is 15.3. The van der Waals surface area contributed by atoms with Crippen molar-refractivity contribution in [2.24, 2.45) is 5.92 Å². The minimum Gasteiger partial charge on any atom is -0.362 e. The highest BCUT2D eigenvalue weighted by atomic mass is 35.5. The van der Waals surface area contributed by atoms with E-state index in [0.29, 0.717) is 23.2 Å². The van der Waals surface area contributed by atoms with E-state index in [1.165, 1.54) is 18.9 Å². The van der Waals surface area contributed by atoms with Crippen LogP contribution < -0.4 is 5.32 Å². The molecular weight excluding hydrogens is 312 g/mol. The molecule has 118 valence electrons. The van der Waals surface area contributed by atoms with E-state index in [1.807, 2.05) is 0 Å². The number of piperidine rings is 3. The van der Waals surface area contributed by atoms with E-state index in [9.17, 15) is 8.78 Å². The van der Waals surface area contributed by atoms with Gasteiger partial charge in [0.05, 0.1) is 16.0 Å². The van der Waals surface area contributed by atoms with Gasteiger partial charge < -0.3 is 14.7 Å². The Labute approximate surface area is 131 Å². The van der Waals surface area contributed by atoms with E-state index in [1.54, 1.807) is 6.07 Å². The van der Waals surface area contributed by atoms with E-state index in [-0.39, 0.29) is 16.2 Å². The molecule has 0 amide bonds. The average Bonchev–Trinajstić information content (AvgIpc) is 2.91. The van der Waals surface area contributed by atoms with Crippen LogP contribution in [0.1, 0.15) is 24.8 Å². The predicted octanol–water partition coefficient (Wildman–Crippen LogP) is 3.92. The number of rotatable bonds is 3. The zero-order valence-corrected chi connectivity index (χ0v) is 12.6. The van der Waals surface area contributed by atoms with Gasteiger partial charge in [0.2, 0.25) is 0 Å². The fourth-order valence-electron chi connectivity index (χ4n) is 3.61. The molecule has 1 atom stereocenters. The van der Waals surface area contributed by atoms with Gasteiger partial charge in [-0.25, -0.2) is 8.78 Å².